The molecule has 1 aromatic heterocycles. The van der Waals surface area contributed by atoms with Crippen LogP contribution in [0.2, 0.25) is 5.02 Å². The molecule has 2 aliphatic rings. The number of carbonyl (C=O) groups excluding carboxylic acids is 1. The molecular weight excluding hydrogens is 383 g/mol. The summed E-state index contributed by atoms with van der Waals surface area (Å²) in [6, 6.07) is 4.19. The van der Waals surface area contributed by atoms with E-state index in [1.165, 1.54) is 12.1 Å². The Kier molecular flexibility index (Phi) is 5.73. The second-order valence-electron chi connectivity index (χ2n) is 7.13. The Balaban J connectivity index is 1.37. The van der Waals surface area contributed by atoms with Crippen molar-refractivity contribution in [2.75, 3.05) is 31.2 Å². The van der Waals surface area contributed by atoms with Crippen molar-refractivity contribution in [3.8, 4) is 0 Å². The number of aryl methyl sites for hydroxylation is 1. The van der Waals surface area contributed by atoms with Gasteiger partial charge in [0.2, 0.25) is 11.9 Å². The summed E-state index contributed by atoms with van der Waals surface area (Å²) in [6.07, 6.45) is 3.98. The summed E-state index contributed by atoms with van der Waals surface area (Å²) in [7, 11) is 0. The van der Waals surface area contributed by atoms with E-state index in [1.54, 1.807) is 6.07 Å². The van der Waals surface area contributed by atoms with E-state index in [4.69, 9.17) is 21.3 Å². The number of aromatic nitrogens is 2. The van der Waals surface area contributed by atoms with Gasteiger partial charge in [0, 0.05) is 42.5 Å². The van der Waals surface area contributed by atoms with Gasteiger partial charge in [0.25, 0.3) is 0 Å². The lowest BCUT2D eigenvalue weighted by atomic mass is 9.86. The Morgan fingerprint density at radius 3 is 2.96 bits per heavy atom. The minimum atomic E-state index is -0.389. The van der Waals surface area contributed by atoms with Crippen LogP contribution in [0.25, 0.3) is 0 Å². The highest BCUT2D eigenvalue weighted by atomic mass is 35.5. The maximum Gasteiger partial charge on any atom is 0.225 e. The van der Waals surface area contributed by atoms with Crippen molar-refractivity contribution in [1.29, 1.82) is 0 Å². The SMILES string of the molecule is O=C(NCc1ccc(F)cc1Cl)[C@@H]1CCc2nc(N3CCOCC3)ncc2C1. The Morgan fingerprint density at radius 2 is 2.18 bits per heavy atom. The third-order valence-electron chi connectivity index (χ3n) is 5.27. The van der Waals surface area contributed by atoms with Gasteiger partial charge >= 0.3 is 0 Å². The van der Waals surface area contributed by atoms with Gasteiger partial charge in [-0.1, -0.05) is 17.7 Å². The van der Waals surface area contributed by atoms with E-state index in [2.05, 4.69) is 15.2 Å². The van der Waals surface area contributed by atoms with Crippen molar-refractivity contribution in [3.63, 3.8) is 0 Å². The van der Waals surface area contributed by atoms with Crippen LogP contribution in [0.4, 0.5) is 10.3 Å². The number of fused-ring (bicyclic) bond motifs is 1. The zero-order valence-corrected chi connectivity index (χ0v) is 16.2. The van der Waals surface area contributed by atoms with Gasteiger partial charge in [-0.15, -0.1) is 0 Å². The molecule has 1 aromatic carbocycles. The minimum absolute atomic E-state index is 0.0247. The van der Waals surface area contributed by atoms with Crippen LogP contribution in [0, 0.1) is 11.7 Å². The standard InChI is InChI=1S/C20H22ClFN4O2/c21-17-10-16(22)3-1-14(17)11-23-19(27)13-2-4-18-15(9-13)12-24-20(25-18)26-5-7-28-8-6-26/h1,3,10,12-13H,2,4-9,11H2,(H,23,27)/t13-/m1/s1. The molecule has 1 fully saturated rings. The normalized spacial score (nSPS) is 19.2. The van der Waals surface area contributed by atoms with E-state index in [9.17, 15) is 9.18 Å². The van der Waals surface area contributed by atoms with Gasteiger partial charge in [0.1, 0.15) is 5.82 Å². The summed E-state index contributed by atoms with van der Waals surface area (Å²) in [6.45, 7) is 3.28. The molecule has 8 heteroatoms. The highest BCUT2D eigenvalue weighted by Gasteiger charge is 2.27. The first-order chi connectivity index (χ1) is 13.6. The van der Waals surface area contributed by atoms with Gasteiger partial charge in [-0.05, 0) is 42.5 Å². The topological polar surface area (TPSA) is 67.4 Å². The smallest absolute Gasteiger partial charge is 0.225 e. The van der Waals surface area contributed by atoms with Crippen molar-refractivity contribution in [3.05, 3.63) is 52.1 Å². The Morgan fingerprint density at radius 1 is 1.36 bits per heavy atom. The second-order valence-corrected chi connectivity index (χ2v) is 7.54. The number of ether oxygens (including phenoxy) is 1. The van der Waals surface area contributed by atoms with Crippen molar-refractivity contribution in [2.24, 2.45) is 5.92 Å². The van der Waals surface area contributed by atoms with Gasteiger partial charge in [0.05, 0.1) is 13.2 Å². The molecule has 1 atom stereocenters. The molecule has 0 bridgehead atoms. The molecule has 0 unspecified atom stereocenters. The molecule has 6 nitrogen and oxygen atoms in total. The fraction of sp³-hybridized carbons (Fsp3) is 0.450. The number of anilines is 1. The molecule has 0 spiro atoms. The highest BCUT2D eigenvalue weighted by Crippen LogP contribution is 2.26. The van der Waals surface area contributed by atoms with Crippen molar-refractivity contribution >= 4 is 23.5 Å². The Hall–Kier alpha value is -2.25. The molecule has 28 heavy (non-hydrogen) atoms. The maximum atomic E-state index is 13.1. The molecule has 4 rings (SSSR count). The molecule has 1 amide bonds. The van der Waals surface area contributed by atoms with Crippen molar-refractivity contribution in [1.82, 2.24) is 15.3 Å². The number of rotatable bonds is 4. The lowest BCUT2D eigenvalue weighted by molar-refractivity contribution is -0.125. The average molecular weight is 405 g/mol. The minimum Gasteiger partial charge on any atom is -0.378 e. The first-order valence-electron chi connectivity index (χ1n) is 9.49. The number of halogens is 2. The molecular formula is C20H22ClFN4O2. The second kappa shape index (κ2) is 8.41. The predicted molar refractivity (Wildman–Crippen MR) is 104 cm³/mol. The summed E-state index contributed by atoms with van der Waals surface area (Å²) < 4.78 is 18.5. The molecule has 2 aromatic rings. The molecule has 0 saturated carbocycles. The molecule has 148 valence electrons. The summed E-state index contributed by atoms with van der Waals surface area (Å²) in [5.74, 6) is 0.212. The number of nitrogens with one attached hydrogen (secondary N) is 1. The Labute approximate surface area is 168 Å². The molecule has 1 aliphatic carbocycles. The summed E-state index contributed by atoms with van der Waals surface area (Å²) in [4.78, 5) is 23.9. The molecule has 1 aliphatic heterocycles. The van der Waals surface area contributed by atoms with Gasteiger partial charge < -0.3 is 15.0 Å². The number of benzene rings is 1. The monoisotopic (exact) mass is 404 g/mol. The highest BCUT2D eigenvalue weighted by molar-refractivity contribution is 6.31. The molecule has 1 saturated heterocycles. The fourth-order valence-corrected chi connectivity index (χ4v) is 3.86. The van der Waals surface area contributed by atoms with Crippen molar-refractivity contribution < 1.29 is 13.9 Å². The number of hydrogen-bond acceptors (Lipinski definition) is 5. The first kappa shape index (κ1) is 19.1. The number of morpholine rings is 1. The zero-order chi connectivity index (χ0) is 19.5. The van der Waals surface area contributed by atoms with Gasteiger partial charge in [0.15, 0.2) is 0 Å². The van der Waals surface area contributed by atoms with Crippen LogP contribution in [0.15, 0.2) is 24.4 Å². The van der Waals surface area contributed by atoms with E-state index < -0.39 is 0 Å². The number of amides is 1. The van der Waals surface area contributed by atoms with Crippen LogP contribution in [-0.4, -0.2) is 42.2 Å². The quantitative estimate of drug-likeness (QED) is 0.848. The van der Waals surface area contributed by atoms with E-state index in [1.807, 2.05) is 6.20 Å². The van der Waals surface area contributed by atoms with Crippen molar-refractivity contribution in [2.45, 2.75) is 25.8 Å². The lowest BCUT2D eigenvalue weighted by Crippen LogP contribution is -2.38. The fourth-order valence-electron chi connectivity index (χ4n) is 3.63. The zero-order valence-electron chi connectivity index (χ0n) is 15.5. The van der Waals surface area contributed by atoms with E-state index in [0.29, 0.717) is 30.2 Å². The van der Waals surface area contributed by atoms with Crippen LogP contribution in [0.5, 0.6) is 0 Å². The third kappa shape index (κ3) is 4.25. The number of hydrogen-bond donors (Lipinski definition) is 1. The number of carbonyl (C=O) groups is 1. The van der Waals surface area contributed by atoms with Crippen LogP contribution < -0.4 is 10.2 Å². The van der Waals surface area contributed by atoms with Crippen LogP contribution >= 0.6 is 11.6 Å². The predicted octanol–water partition coefficient (Wildman–Crippen LogP) is 2.53. The molecule has 0 radical (unpaired) electrons. The average Bonchev–Trinajstić information content (AvgIpc) is 2.73. The van der Waals surface area contributed by atoms with Gasteiger partial charge in [-0.25, -0.2) is 14.4 Å². The maximum absolute atomic E-state index is 13.1. The summed E-state index contributed by atoms with van der Waals surface area (Å²) in [5, 5.41) is 3.23. The van der Waals surface area contributed by atoms with Crippen LogP contribution in [-0.2, 0) is 28.9 Å². The first-order valence-corrected chi connectivity index (χ1v) is 9.87. The van der Waals surface area contributed by atoms with Gasteiger partial charge in [-0.2, -0.15) is 0 Å². The third-order valence-corrected chi connectivity index (χ3v) is 5.62. The van der Waals surface area contributed by atoms with Crippen LogP contribution in [0.1, 0.15) is 23.2 Å². The van der Waals surface area contributed by atoms with Crippen LogP contribution in [0.3, 0.4) is 0 Å². The van der Waals surface area contributed by atoms with E-state index in [0.717, 1.165) is 43.1 Å². The largest absolute Gasteiger partial charge is 0.378 e. The number of nitrogens with zero attached hydrogens (tertiary/aromatic N) is 3. The molecule has 2 heterocycles. The summed E-state index contributed by atoms with van der Waals surface area (Å²) in [5.41, 5.74) is 2.76. The lowest BCUT2D eigenvalue weighted by Gasteiger charge is -2.28. The Bertz CT molecular complexity index is 873. The summed E-state index contributed by atoms with van der Waals surface area (Å²) >= 11 is 6.02. The van der Waals surface area contributed by atoms with E-state index in [-0.39, 0.29) is 24.2 Å². The van der Waals surface area contributed by atoms with Gasteiger partial charge in [-0.3, -0.25) is 4.79 Å². The van der Waals surface area contributed by atoms with E-state index >= 15 is 0 Å². The molecule has 1 N–H and O–H groups in total.